The number of hydrogen-bond donors (Lipinski definition) is 0. The van der Waals surface area contributed by atoms with E-state index in [0.29, 0.717) is 5.92 Å². The molecule has 23 heavy (non-hydrogen) atoms. The number of benzene rings is 1. The first-order valence-electron chi connectivity index (χ1n) is 7.66. The van der Waals surface area contributed by atoms with Gasteiger partial charge in [0.2, 0.25) is 0 Å². The molecule has 0 amide bonds. The van der Waals surface area contributed by atoms with Crippen molar-refractivity contribution < 1.29 is 4.74 Å². The van der Waals surface area contributed by atoms with Crippen LogP contribution in [0.5, 0.6) is 5.75 Å². The van der Waals surface area contributed by atoms with Crippen LogP contribution in [-0.4, -0.2) is 17.1 Å². The average Bonchev–Trinajstić information content (AvgIpc) is 2.96. The molecule has 1 aromatic carbocycles. The highest BCUT2D eigenvalue weighted by atomic mass is 32.1. The van der Waals surface area contributed by atoms with Gasteiger partial charge in [-0.3, -0.25) is 4.98 Å². The number of ether oxygens (including phenoxy) is 1. The molecule has 0 aliphatic rings. The molecule has 0 N–H and O–H groups in total. The van der Waals surface area contributed by atoms with Crippen LogP contribution in [0.3, 0.4) is 0 Å². The zero-order valence-corrected chi connectivity index (χ0v) is 14.6. The lowest BCUT2D eigenvalue weighted by Gasteiger charge is -2.09. The second-order valence-electron chi connectivity index (χ2n) is 5.77. The Bertz CT molecular complexity index is 806. The van der Waals surface area contributed by atoms with Crippen LogP contribution < -0.4 is 4.74 Å². The fraction of sp³-hybridized carbons (Fsp3) is 0.263. The van der Waals surface area contributed by atoms with Crippen molar-refractivity contribution in [3.63, 3.8) is 0 Å². The number of methoxy groups -OCH3 is 1. The molecular formula is C19H20N2OS. The van der Waals surface area contributed by atoms with Crippen LogP contribution in [0.1, 0.15) is 30.2 Å². The van der Waals surface area contributed by atoms with Crippen LogP contribution in [0.15, 0.2) is 42.7 Å². The van der Waals surface area contributed by atoms with Crippen LogP contribution in [0.25, 0.3) is 21.8 Å². The smallest absolute Gasteiger partial charge is 0.126 e. The van der Waals surface area contributed by atoms with E-state index in [4.69, 9.17) is 9.72 Å². The third-order valence-electron chi connectivity index (χ3n) is 3.87. The number of hydrogen-bond acceptors (Lipinski definition) is 4. The molecule has 3 nitrogen and oxygen atoms in total. The lowest BCUT2D eigenvalue weighted by Crippen LogP contribution is -1.93. The molecule has 0 aliphatic heterocycles. The molecule has 4 heteroatoms. The lowest BCUT2D eigenvalue weighted by atomic mass is 10.00. The van der Waals surface area contributed by atoms with E-state index in [-0.39, 0.29) is 0 Å². The maximum absolute atomic E-state index is 5.23. The van der Waals surface area contributed by atoms with Crippen LogP contribution in [0.2, 0.25) is 0 Å². The van der Waals surface area contributed by atoms with Gasteiger partial charge >= 0.3 is 0 Å². The second kappa shape index (κ2) is 6.50. The van der Waals surface area contributed by atoms with Crippen LogP contribution in [-0.2, 0) is 0 Å². The fourth-order valence-corrected chi connectivity index (χ4v) is 3.58. The Morgan fingerprint density at radius 3 is 2.48 bits per heavy atom. The van der Waals surface area contributed by atoms with Gasteiger partial charge in [-0.25, -0.2) is 4.98 Å². The molecule has 0 fully saturated rings. The summed E-state index contributed by atoms with van der Waals surface area (Å²) in [5.41, 5.74) is 4.57. The van der Waals surface area contributed by atoms with Crippen molar-refractivity contribution in [1.82, 2.24) is 9.97 Å². The molecule has 0 atom stereocenters. The van der Waals surface area contributed by atoms with Crippen molar-refractivity contribution in [3.8, 4) is 27.6 Å². The molecule has 3 aromatic rings. The standard InChI is InChI=1S/C19H20N2OS/c1-12(2)16-9-10-20-11-17(16)19-21-18(13(3)23-19)14-5-7-15(22-4)8-6-14/h5-12H,1-4H3. The summed E-state index contributed by atoms with van der Waals surface area (Å²) < 4.78 is 5.23. The minimum atomic E-state index is 0.446. The highest BCUT2D eigenvalue weighted by Crippen LogP contribution is 2.36. The molecule has 2 aromatic heterocycles. The Labute approximate surface area is 141 Å². The van der Waals surface area contributed by atoms with Crippen molar-refractivity contribution in [2.75, 3.05) is 7.11 Å². The van der Waals surface area contributed by atoms with E-state index in [9.17, 15) is 0 Å². The summed E-state index contributed by atoms with van der Waals surface area (Å²) in [5, 5.41) is 1.03. The molecule has 0 radical (unpaired) electrons. The monoisotopic (exact) mass is 324 g/mol. The van der Waals surface area contributed by atoms with Gasteiger partial charge in [0.15, 0.2) is 0 Å². The van der Waals surface area contributed by atoms with E-state index in [1.807, 2.05) is 24.5 Å². The van der Waals surface area contributed by atoms with Crippen molar-refractivity contribution in [3.05, 3.63) is 53.2 Å². The maximum Gasteiger partial charge on any atom is 0.126 e. The number of aryl methyl sites for hydroxylation is 1. The summed E-state index contributed by atoms with van der Waals surface area (Å²) in [7, 11) is 1.68. The van der Waals surface area contributed by atoms with Gasteiger partial charge in [0.1, 0.15) is 10.8 Å². The first-order chi connectivity index (χ1) is 11.1. The Morgan fingerprint density at radius 2 is 1.83 bits per heavy atom. The third kappa shape index (κ3) is 3.13. The normalized spacial score (nSPS) is 11.0. The summed E-state index contributed by atoms with van der Waals surface area (Å²) >= 11 is 1.72. The first kappa shape index (κ1) is 15.7. The molecule has 0 spiro atoms. The summed E-state index contributed by atoms with van der Waals surface area (Å²) in [4.78, 5) is 10.4. The summed E-state index contributed by atoms with van der Waals surface area (Å²) in [6.45, 7) is 6.51. The Hall–Kier alpha value is -2.20. The number of nitrogens with zero attached hydrogens (tertiary/aromatic N) is 2. The SMILES string of the molecule is COc1ccc(-c2nc(-c3cnccc3C(C)C)sc2C)cc1. The summed E-state index contributed by atoms with van der Waals surface area (Å²) in [5.74, 6) is 1.30. The number of rotatable bonds is 4. The van der Waals surface area contributed by atoms with Gasteiger partial charge < -0.3 is 4.74 Å². The van der Waals surface area contributed by atoms with Gasteiger partial charge in [-0.05, 0) is 48.7 Å². The van der Waals surface area contributed by atoms with E-state index >= 15 is 0 Å². The Balaban J connectivity index is 2.04. The molecule has 0 unspecified atom stereocenters. The van der Waals surface area contributed by atoms with Gasteiger partial charge in [0.05, 0.1) is 12.8 Å². The minimum absolute atomic E-state index is 0.446. The topological polar surface area (TPSA) is 35.0 Å². The van der Waals surface area contributed by atoms with Gasteiger partial charge in [-0.15, -0.1) is 11.3 Å². The average molecular weight is 324 g/mol. The maximum atomic E-state index is 5.23. The Kier molecular flexibility index (Phi) is 4.44. The van der Waals surface area contributed by atoms with Crippen LogP contribution in [0.4, 0.5) is 0 Å². The van der Waals surface area contributed by atoms with Gasteiger partial charge in [-0.2, -0.15) is 0 Å². The third-order valence-corrected chi connectivity index (χ3v) is 4.87. The summed E-state index contributed by atoms with van der Waals surface area (Å²) in [6, 6.07) is 10.1. The quantitative estimate of drug-likeness (QED) is 0.652. The van der Waals surface area contributed by atoms with E-state index in [1.54, 1.807) is 18.4 Å². The van der Waals surface area contributed by atoms with E-state index in [1.165, 1.54) is 10.4 Å². The molecule has 0 aliphatic carbocycles. The van der Waals surface area contributed by atoms with Crippen LogP contribution >= 0.6 is 11.3 Å². The van der Waals surface area contributed by atoms with Crippen molar-refractivity contribution in [2.24, 2.45) is 0 Å². The molecule has 118 valence electrons. The van der Waals surface area contributed by atoms with Crippen molar-refractivity contribution in [2.45, 2.75) is 26.7 Å². The first-order valence-corrected chi connectivity index (χ1v) is 8.48. The molecule has 0 saturated heterocycles. The van der Waals surface area contributed by atoms with Crippen molar-refractivity contribution in [1.29, 1.82) is 0 Å². The van der Waals surface area contributed by atoms with Crippen molar-refractivity contribution >= 4 is 11.3 Å². The molecule has 3 rings (SSSR count). The highest BCUT2D eigenvalue weighted by molar-refractivity contribution is 7.15. The van der Waals surface area contributed by atoms with E-state index in [0.717, 1.165) is 27.6 Å². The fourth-order valence-electron chi connectivity index (χ4n) is 2.62. The molecular weight excluding hydrogens is 304 g/mol. The zero-order chi connectivity index (χ0) is 16.4. The second-order valence-corrected chi connectivity index (χ2v) is 6.97. The Morgan fingerprint density at radius 1 is 1.09 bits per heavy atom. The molecule has 0 saturated carbocycles. The predicted octanol–water partition coefficient (Wildman–Crippen LogP) is 5.31. The van der Waals surface area contributed by atoms with Crippen LogP contribution in [0, 0.1) is 6.92 Å². The van der Waals surface area contributed by atoms with Gasteiger partial charge in [-0.1, -0.05) is 13.8 Å². The van der Waals surface area contributed by atoms with E-state index in [2.05, 4.69) is 44.0 Å². The van der Waals surface area contributed by atoms with Gasteiger partial charge in [0.25, 0.3) is 0 Å². The lowest BCUT2D eigenvalue weighted by molar-refractivity contribution is 0.415. The minimum Gasteiger partial charge on any atom is -0.497 e. The van der Waals surface area contributed by atoms with Gasteiger partial charge in [0, 0.05) is 28.4 Å². The number of thiazole rings is 1. The largest absolute Gasteiger partial charge is 0.497 e. The predicted molar refractivity (Wildman–Crippen MR) is 96.2 cm³/mol. The zero-order valence-electron chi connectivity index (χ0n) is 13.8. The summed E-state index contributed by atoms with van der Waals surface area (Å²) in [6.07, 6.45) is 3.77. The molecule has 2 heterocycles. The molecule has 0 bridgehead atoms. The van der Waals surface area contributed by atoms with E-state index < -0.39 is 0 Å². The highest BCUT2D eigenvalue weighted by Gasteiger charge is 2.15. The number of aromatic nitrogens is 2. The number of pyridine rings is 1.